The van der Waals surface area contributed by atoms with Gasteiger partial charge in [-0.05, 0) is 31.5 Å². The highest BCUT2D eigenvalue weighted by atomic mass is 35.5. The summed E-state index contributed by atoms with van der Waals surface area (Å²) in [6, 6.07) is 5.69. The summed E-state index contributed by atoms with van der Waals surface area (Å²) in [5, 5.41) is 4.11. The Morgan fingerprint density at radius 2 is 1.95 bits per heavy atom. The topological polar surface area (TPSA) is 39.7 Å². The van der Waals surface area contributed by atoms with Crippen molar-refractivity contribution in [2.75, 3.05) is 40.6 Å². The SMILES string of the molecule is COCCOCCCCNCc1c(Cl)cccc1OC. The second kappa shape index (κ2) is 10.9. The van der Waals surface area contributed by atoms with Crippen LogP contribution in [0.1, 0.15) is 18.4 Å². The molecule has 0 radical (unpaired) electrons. The van der Waals surface area contributed by atoms with Crippen molar-refractivity contribution in [2.24, 2.45) is 0 Å². The van der Waals surface area contributed by atoms with E-state index in [-0.39, 0.29) is 0 Å². The highest BCUT2D eigenvalue weighted by Crippen LogP contribution is 2.25. The number of rotatable bonds is 11. The Morgan fingerprint density at radius 3 is 2.70 bits per heavy atom. The lowest BCUT2D eigenvalue weighted by Gasteiger charge is -2.11. The van der Waals surface area contributed by atoms with Crippen molar-refractivity contribution in [3.8, 4) is 5.75 Å². The average Bonchev–Trinajstić information content (AvgIpc) is 2.46. The number of ether oxygens (including phenoxy) is 3. The number of methoxy groups -OCH3 is 2. The second-order valence-electron chi connectivity index (χ2n) is 4.41. The molecule has 0 saturated heterocycles. The molecule has 0 unspecified atom stereocenters. The molecule has 1 rings (SSSR count). The van der Waals surface area contributed by atoms with Gasteiger partial charge in [-0.15, -0.1) is 0 Å². The molecule has 1 aromatic carbocycles. The van der Waals surface area contributed by atoms with Crippen LogP contribution in [0.3, 0.4) is 0 Å². The average molecular weight is 302 g/mol. The first-order valence-corrected chi connectivity index (χ1v) is 7.26. The number of hydrogen-bond donors (Lipinski definition) is 1. The lowest BCUT2D eigenvalue weighted by Crippen LogP contribution is -2.16. The molecule has 0 bridgehead atoms. The maximum Gasteiger partial charge on any atom is 0.124 e. The quantitative estimate of drug-likeness (QED) is 0.638. The van der Waals surface area contributed by atoms with Crippen LogP contribution in [0.4, 0.5) is 0 Å². The van der Waals surface area contributed by atoms with E-state index in [0.29, 0.717) is 19.8 Å². The van der Waals surface area contributed by atoms with Crippen molar-refractivity contribution in [3.63, 3.8) is 0 Å². The van der Waals surface area contributed by atoms with Crippen LogP contribution in [-0.4, -0.2) is 40.6 Å². The van der Waals surface area contributed by atoms with Crippen LogP contribution in [-0.2, 0) is 16.0 Å². The Hall–Kier alpha value is -0.810. The summed E-state index contributed by atoms with van der Waals surface area (Å²) in [6.07, 6.45) is 2.11. The minimum absolute atomic E-state index is 0.657. The maximum absolute atomic E-state index is 6.17. The Kier molecular flexibility index (Phi) is 9.41. The van der Waals surface area contributed by atoms with Crippen LogP contribution in [0.2, 0.25) is 5.02 Å². The lowest BCUT2D eigenvalue weighted by atomic mass is 10.2. The highest BCUT2D eigenvalue weighted by Gasteiger charge is 2.06. The molecular formula is C15H24ClNO3. The standard InChI is InChI=1S/C15H24ClNO3/c1-18-10-11-20-9-4-3-8-17-12-13-14(16)6-5-7-15(13)19-2/h5-7,17H,3-4,8-12H2,1-2H3. The van der Waals surface area contributed by atoms with E-state index >= 15 is 0 Å². The molecule has 0 aromatic heterocycles. The monoisotopic (exact) mass is 301 g/mol. The van der Waals surface area contributed by atoms with E-state index in [1.807, 2.05) is 18.2 Å². The summed E-state index contributed by atoms with van der Waals surface area (Å²) >= 11 is 6.17. The van der Waals surface area contributed by atoms with E-state index in [1.165, 1.54) is 0 Å². The van der Waals surface area contributed by atoms with Crippen LogP contribution < -0.4 is 10.1 Å². The van der Waals surface area contributed by atoms with Gasteiger partial charge in [0.15, 0.2) is 0 Å². The zero-order valence-corrected chi connectivity index (χ0v) is 13.0. The summed E-state index contributed by atoms with van der Waals surface area (Å²) in [7, 11) is 3.34. The van der Waals surface area contributed by atoms with Gasteiger partial charge in [0.25, 0.3) is 0 Å². The number of halogens is 1. The predicted molar refractivity (Wildman–Crippen MR) is 81.6 cm³/mol. The molecule has 114 valence electrons. The third-order valence-corrected chi connectivity index (χ3v) is 3.28. The summed E-state index contributed by atoms with van der Waals surface area (Å²) in [6.45, 7) is 3.75. The van der Waals surface area contributed by atoms with Crippen LogP contribution in [0.5, 0.6) is 5.75 Å². The van der Waals surface area contributed by atoms with E-state index in [2.05, 4.69) is 5.32 Å². The fourth-order valence-electron chi connectivity index (χ4n) is 1.81. The normalized spacial score (nSPS) is 10.8. The number of benzene rings is 1. The van der Waals surface area contributed by atoms with Gasteiger partial charge in [-0.25, -0.2) is 0 Å². The van der Waals surface area contributed by atoms with Gasteiger partial charge in [-0.2, -0.15) is 0 Å². The van der Waals surface area contributed by atoms with Crippen molar-refractivity contribution >= 4 is 11.6 Å². The molecule has 0 spiro atoms. The van der Waals surface area contributed by atoms with Gasteiger partial charge in [0.05, 0.1) is 20.3 Å². The van der Waals surface area contributed by atoms with Gasteiger partial charge in [-0.3, -0.25) is 0 Å². The number of unbranched alkanes of at least 4 members (excludes halogenated alkanes) is 1. The predicted octanol–water partition coefficient (Wildman–Crippen LogP) is 2.88. The van der Waals surface area contributed by atoms with Crippen molar-refractivity contribution in [1.82, 2.24) is 5.32 Å². The maximum atomic E-state index is 6.17. The first-order chi connectivity index (χ1) is 9.79. The molecule has 0 atom stereocenters. The number of hydrogen-bond acceptors (Lipinski definition) is 4. The molecule has 1 N–H and O–H groups in total. The molecule has 0 aliphatic heterocycles. The zero-order chi connectivity index (χ0) is 14.6. The van der Waals surface area contributed by atoms with Gasteiger partial charge in [0.2, 0.25) is 0 Å². The van der Waals surface area contributed by atoms with E-state index < -0.39 is 0 Å². The Balaban J connectivity index is 2.12. The van der Waals surface area contributed by atoms with Gasteiger partial charge < -0.3 is 19.5 Å². The van der Waals surface area contributed by atoms with E-state index in [9.17, 15) is 0 Å². The van der Waals surface area contributed by atoms with Crippen molar-refractivity contribution in [2.45, 2.75) is 19.4 Å². The summed E-state index contributed by atoms with van der Waals surface area (Å²) in [5.74, 6) is 0.827. The van der Waals surface area contributed by atoms with E-state index in [4.69, 9.17) is 25.8 Å². The van der Waals surface area contributed by atoms with Crippen LogP contribution in [0, 0.1) is 0 Å². The van der Waals surface area contributed by atoms with Gasteiger partial charge >= 0.3 is 0 Å². The van der Waals surface area contributed by atoms with Crippen molar-refractivity contribution in [3.05, 3.63) is 28.8 Å². The summed E-state index contributed by atoms with van der Waals surface area (Å²) in [5.41, 5.74) is 1.01. The molecule has 0 amide bonds. The minimum Gasteiger partial charge on any atom is -0.496 e. The Bertz CT molecular complexity index is 374. The Morgan fingerprint density at radius 1 is 1.10 bits per heavy atom. The molecule has 1 aromatic rings. The molecule has 0 saturated carbocycles. The fourth-order valence-corrected chi connectivity index (χ4v) is 2.05. The smallest absolute Gasteiger partial charge is 0.124 e. The molecular weight excluding hydrogens is 278 g/mol. The molecule has 20 heavy (non-hydrogen) atoms. The van der Waals surface area contributed by atoms with Crippen LogP contribution in [0.15, 0.2) is 18.2 Å². The van der Waals surface area contributed by atoms with Gasteiger partial charge in [0, 0.05) is 30.8 Å². The van der Waals surface area contributed by atoms with Crippen molar-refractivity contribution in [1.29, 1.82) is 0 Å². The third kappa shape index (κ3) is 6.57. The minimum atomic E-state index is 0.657. The fraction of sp³-hybridized carbons (Fsp3) is 0.600. The summed E-state index contributed by atoms with van der Waals surface area (Å²) < 4.78 is 15.6. The van der Waals surface area contributed by atoms with Crippen molar-refractivity contribution < 1.29 is 14.2 Å². The molecule has 5 heteroatoms. The molecule has 0 fully saturated rings. The van der Waals surface area contributed by atoms with Gasteiger partial charge in [-0.1, -0.05) is 17.7 Å². The third-order valence-electron chi connectivity index (χ3n) is 2.92. The molecule has 0 heterocycles. The molecule has 0 aliphatic carbocycles. The zero-order valence-electron chi connectivity index (χ0n) is 12.3. The van der Waals surface area contributed by atoms with Gasteiger partial charge in [0.1, 0.15) is 5.75 Å². The molecule has 4 nitrogen and oxygen atoms in total. The highest BCUT2D eigenvalue weighted by molar-refractivity contribution is 6.31. The Labute approximate surface area is 126 Å². The van der Waals surface area contributed by atoms with E-state index in [1.54, 1.807) is 14.2 Å². The first-order valence-electron chi connectivity index (χ1n) is 6.88. The number of nitrogens with one attached hydrogen (secondary N) is 1. The van der Waals surface area contributed by atoms with Crippen LogP contribution in [0.25, 0.3) is 0 Å². The second-order valence-corrected chi connectivity index (χ2v) is 4.82. The van der Waals surface area contributed by atoms with E-state index in [0.717, 1.165) is 42.3 Å². The summed E-state index contributed by atoms with van der Waals surface area (Å²) in [4.78, 5) is 0. The largest absolute Gasteiger partial charge is 0.496 e. The lowest BCUT2D eigenvalue weighted by molar-refractivity contribution is 0.0688. The molecule has 0 aliphatic rings. The first kappa shape index (κ1) is 17.2. The van der Waals surface area contributed by atoms with Crippen LogP contribution >= 0.6 is 11.6 Å².